The van der Waals surface area contributed by atoms with Crippen LogP contribution >= 0.6 is 0 Å². The van der Waals surface area contributed by atoms with Gasteiger partial charge in [-0.05, 0) is 123 Å². The topological polar surface area (TPSA) is 79.2 Å². The van der Waals surface area contributed by atoms with Gasteiger partial charge in [-0.1, -0.05) is 248 Å². The van der Waals surface area contributed by atoms with E-state index < -0.39 is 0 Å². The van der Waals surface area contributed by atoms with Crippen molar-refractivity contribution in [3.05, 3.63) is 72.9 Å². The Balaban J connectivity index is 4.49. The van der Waals surface area contributed by atoms with Gasteiger partial charge in [-0.25, -0.2) is 0 Å². The summed E-state index contributed by atoms with van der Waals surface area (Å²) in [6.45, 7) is 12.2. The van der Waals surface area contributed by atoms with Crippen LogP contribution < -0.4 is 5.32 Å². The molecular weight excluding hydrogens is 907 g/mol. The van der Waals surface area contributed by atoms with Crippen LogP contribution in [0.2, 0.25) is 0 Å². The number of nitrogens with one attached hydrogen (secondary N) is 1. The molecule has 0 aromatic carbocycles. The zero-order valence-electron chi connectivity index (χ0n) is 50.0. The van der Waals surface area contributed by atoms with E-state index in [1.54, 1.807) is 0 Å². The van der Waals surface area contributed by atoms with Gasteiger partial charge in [0.2, 0.25) is 0 Å². The lowest BCUT2D eigenvalue weighted by atomic mass is 10.1. The third kappa shape index (κ3) is 59.4. The molecule has 0 spiro atoms. The van der Waals surface area contributed by atoms with Crippen molar-refractivity contribution in [2.75, 3.05) is 52.9 Å². The van der Waals surface area contributed by atoms with Gasteiger partial charge in [0.25, 0.3) is 0 Å². The molecule has 0 fully saturated rings. The Bertz CT molecular complexity index is 1200. The lowest BCUT2D eigenvalue weighted by Crippen LogP contribution is -2.43. The first kappa shape index (κ1) is 72.2. The molecule has 6 heteroatoms. The predicted octanol–water partition coefficient (Wildman–Crippen LogP) is 18.7. The van der Waals surface area contributed by atoms with Gasteiger partial charge in [-0.2, -0.15) is 0 Å². The Morgan fingerprint density at radius 3 is 0.932 bits per heavy atom. The largest absolute Gasteiger partial charge is 0.392 e. The van der Waals surface area contributed by atoms with Crippen LogP contribution in [0.1, 0.15) is 290 Å². The van der Waals surface area contributed by atoms with Crippen molar-refractivity contribution < 1.29 is 15.3 Å². The van der Waals surface area contributed by atoms with Crippen molar-refractivity contribution in [1.82, 2.24) is 15.1 Å². The molecule has 0 saturated carbocycles. The van der Waals surface area contributed by atoms with Crippen molar-refractivity contribution in [3.63, 3.8) is 0 Å². The average molecular weight is 1040 g/mol. The molecule has 0 aliphatic rings. The molecule has 6 nitrogen and oxygen atoms in total. The zero-order valence-corrected chi connectivity index (χ0v) is 50.0. The number of aliphatic hydroxyl groups is 3. The van der Waals surface area contributed by atoms with E-state index in [4.69, 9.17) is 0 Å². The molecular formula is C68H129N3O3. The van der Waals surface area contributed by atoms with Crippen LogP contribution in [0.15, 0.2) is 72.9 Å². The maximum absolute atomic E-state index is 11.2. The van der Waals surface area contributed by atoms with E-state index in [-0.39, 0.29) is 18.3 Å². The summed E-state index contributed by atoms with van der Waals surface area (Å²) in [4.78, 5) is 4.66. The number of allylic oxidation sites excluding steroid dienone is 12. The van der Waals surface area contributed by atoms with Crippen molar-refractivity contribution in [2.45, 2.75) is 309 Å². The van der Waals surface area contributed by atoms with E-state index in [2.05, 4.69) is 116 Å². The van der Waals surface area contributed by atoms with Gasteiger partial charge >= 0.3 is 0 Å². The molecule has 0 rings (SSSR count). The molecule has 0 saturated heterocycles. The van der Waals surface area contributed by atoms with E-state index >= 15 is 0 Å². The number of nitrogens with zero attached hydrogens (tertiary/aromatic N) is 2. The summed E-state index contributed by atoms with van der Waals surface area (Å²) in [5.74, 6) is 0. The number of rotatable bonds is 60. The fourth-order valence-corrected chi connectivity index (χ4v) is 9.74. The molecule has 0 bridgehead atoms. The molecule has 0 heterocycles. The van der Waals surface area contributed by atoms with Gasteiger partial charge in [0.05, 0.1) is 18.3 Å². The molecule has 4 N–H and O–H groups in total. The molecule has 0 aliphatic carbocycles. The van der Waals surface area contributed by atoms with E-state index in [0.29, 0.717) is 19.6 Å². The first-order valence-corrected chi connectivity index (χ1v) is 32.5. The summed E-state index contributed by atoms with van der Waals surface area (Å²) in [5, 5.41) is 36.4. The minimum Gasteiger partial charge on any atom is -0.392 e. The minimum absolute atomic E-state index is 0.288. The quantitative estimate of drug-likeness (QED) is 0.0359. The highest BCUT2D eigenvalue weighted by Crippen LogP contribution is 2.15. The Kier molecular flexibility index (Phi) is 60.5. The van der Waals surface area contributed by atoms with Crippen LogP contribution in [0.3, 0.4) is 0 Å². The maximum Gasteiger partial charge on any atom is 0.0667 e. The monoisotopic (exact) mass is 1040 g/mol. The number of hydrogen-bond donors (Lipinski definition) is 4. The average Bonchev–Trinajstić information content (AvgIpc) is 3.39. The third-order valence-electron chi connectivity index (χ3n) is 14.8. The van der Waals surface area contributed by atoms with Crippen LogP contribution in [-0.2, 0) is 0 Å². The highest BCUT2D eigenvalue weighted by Gasteiger charge is 2.17. The predicted molar refractivity (Wildman–Crippen MR) is 331 cm³/mol. The van der Waals surface area contributed by atoms with Crippen LogP contribution in [0.25, 0.3) is 0 Å². The smallest absolute Gasteiger partial charge is 0.0667 e. The Morgan fingerprint density at radius 2 is 0.608 bits per heavy atom. The van der Waals surface area contributed by atoms with E-state index in [0.717, 1.165) is 116 Å². The van der Waals surface area contributed by atoms with Gasteiger partial charge in [-0.3, -0.25) is 4.90 Å². The number of hydrogen-bond acceptors (Lipinski definition) is 6. The second kappa shape index (κ2) is 62.0. The maximum atomic E-state index is 11.2. The van der Waals surface area contributed by atoms with Crippen LogP contribution in [-0.4, -0.2) is 96.3 Å². The molecule has 0 radical (unpaired) electrons. The molecule has 0 amide bonds. The highest BCUT2D eigenvalue weighted by molar-refractivity contribution is 4.94. The van der Waals surface area contributed by atoms with Crippen molar-refractivity contribution >= 4 is 0 Å². The Morgan fingerprint density at radius 1 is 0.324 bits per heavy atom. The lowest BCUT2D eigenvalue weighted by molar-refractivity contribution is 0.0564. The number of aliphatic hydroxyl groups excluding tert-OH is 3. The fourth-order valence-electron chi connectivity index (χ4n) is 9.74. The van der Waals surface area contributed by atoms with Crippen LogP contribution in [0, 0.1) is 0 Å². The zero-order chi connectivity index (χ0) is 53.7. The van der Waals surface area contributed by atoms with Crippen molar-refractivity contribution in [1.29, 1.82) is 0 Å². The van der Waals surface area contributed by atoms with E-state index in [9.17, 15) is 15.3 Å². The van der Waals surface area contributed by atoms with Crippen LogP contribution in [0.5, 0.6) is 0 Å². The summed E-state index contributed by atoms with van der Waals surface area (Å²) in [5.41, 5.74) is 0. The normalized spacial score (nSPS) is 13.9. The van der Waals surface area contributed by atoms with Gasteiger partial charge < -0.3 is 25.5 Å². The Labute approximate surface area is 463 Å². The van der Waals surface area contributed by atoms with Gasteiger partial charge in [0.1, 0.15) is 0 Å². The first-order valence-electron chi connectivity index (χ1n) is 32.5. The van der Waals surface area contributed by atoms with Gasteiger partial charge in [0, 0.05) is 45.8 Å². The molecule has 74 heavy (non-hydrogen) atoms. The SMILES string of the molecule is CCCCCCCC/C=C\C/C=C\CCCCCCC(O)CNCCN(C)CCN(CC(O)CCCCCC/C=C\C/C=C\CCCCCCCC)CC(O)CCCCCC/C=C\C/C=C\CCCCCCCC. The minimum atomic E-state index is -0.365. The molecule has 3 atom stereocenters. The van der Waals surface area contributed by atoms with Crippen molar-refractivity contribution in [2.24, 2.45) is 0 Å². The molecule has 0 aromatic heterocycles. The third-order valence-corrected chi connectivity index (χ3v) is 14.8. The summed E-state index contributed by atoms with van der Waals surface area (Å²) in [7, 11) is 2.17. The molecule has 434 valence electrons. The molecule has 3 unspecified atom stereocenters. The Hall–Kier alpha value is -1.80. The van der Waals surface area contributed by atoms with Gasteiger partial charge in [-0.15, -0.1) is 0 Å². The summed E-state index contributed by atoms with van der Waals surface area (Å²) in [6.07, 6.45) is 78.5. The first-order chi connectivity index (χ1) is 36.4. The van der Waals surface area contributed by atoms with E-state index in [1.807, 2.05) is 0 Å². The second-order valence-electron chi connectivity index (χ2n) is 22.4. The summed E-state index contributed by atoms with van der Waals surface area (Å²) in [6, 6.07) is 0. The van der Waals surface area contributed by atoms with E-state index in [1.165, 1.54) is 180 Å². The fraction of sp³-hybridized carbons (Fsp3) is 0.824. The lowest BCUT2D eigenvalue weighted by Gasteiger charge is -2.29. The molecule has 0 aliphatic heterocycles. The summed E-state index contributed by atoms with van der Waals surface area (Å²) < 4.78 is 0. The number of likely N-dealkylation sites (N-methyl/N-ethyl adjacent to an activating group) is 1. The summed E-state index contributed by atoms with van der Waals surface area (Å²) >= 11 is 0. The molecule has 0 aromatic rings. The van der Waals surface area contributed by atoms with Gasteiger partial charge in [0.15, 0.2) is 0 Å². The van der Waals surface area contributed by atoms with Crippen LogP contribution in [0.4, 0.5) is 0 Å². The van der Waals surface area contributed by atoms with Crippen molar-refractivity contribution in [3.8, 4) is 0 Å². The standard InChI is InChI=1S/C68H129N3O3/c1-5-8-11-14-17-20-23-26-29-32-35-38-41-44-47-50-53-56-66(72)63-69-59-60-70(4)61-62-71(64-67(73)57-54-51-48-45-42-39-36-33-30-27-24-21-18-15-12-9-6-2)65-68(74)58-55-52-49-46-43-40-37-34-31-28-25-22-19-16-13-10-7-3/h26-31,35-40,66-69,72-74H,5-25,32-34,41-65H2,1-4H3/b29-26-,30-27-,31-28-,38-35-,39-36-,40-37-. The number of unbranched alkanes of at least 4 members (excludes halogenated alkanes) is 30. The highest BCUT2D eigenvalue weighted by atomic mass is 16.3. The second-order valence-corrected chi connectivity index (χ2v) is 22.4.